The van der Waals surface area contributed by atoms with Gasteiger partial charge in [0.15, 0.2) is 5.82 Å². The van der Waals surface area contributed by atoms with Crippen LogP contribution >= 0.6 is 0 Å². The molecule has 2 aromatic heterocycles. The number of benzene rings is 1. The highest BCUT2D eigenvalue weighted by Gasteiger charge is 2.13. The molecule has 0 amide bonds. The van der Waals surface area contributed by atoms with Crippen molar-refractivity contribution in [3.05, 3.63) is 35.9 Å². The molecule has 0 fully saturated rings. The fourth-order valence-corrected chi connectivity index (χ4v) is 1.69. The van der Waals surface area contributed by atoms with Crippen molar-refractivity contribution < 1.29 is 14.3 Å². The number of aromatic amines is 1. The number of carbonyl (C=O) groups is 1. The molecule has 0 atom stereocenters. The van der Waals surface area contributed by atoms with Gasteiger partial charge in [-0.05, 0) is 12.1 Å². The molecule has 5 nitrogen and oxygen atoms in total. The van der Waals surface area contributed by atoms with Crippen molar-refractivity contribution in [3.8, 4) is 0 Å². The average Bonchev–Trinajstić information content (AvgIpc) is 2.76. The molecule has 0 aliphatic heterocycles. The number of carboxylic acid groups (broad SMARTS) is 1. The van der Waals surface area contributed by atoms with Crippen molar-refractivity contribution in [3.63, 3.8) is 0 Å². The zero-order valence-corrected chi connectivity index (χ0v) is 7.94. The van der Waals surface area contributed by atoms with Crippen LogP contribution in [0.1, 0.15) is 10.5 Å². The van der Waals surface area contributed by atoms with E-state index in [-0.39, 0.29) is 11.2 Å². The summed E-state index contributed by atoms with van der Waals surface area (Å²) in [6.45, 7) is 0. The van der Waals surface area contributed by atoms with Gasteiger partial charge in [-0.3, -0.25) is 4.40 Å². The number of halogens is 1. The summed E-state index contributed by atoms with van der Waals surface area (Å²) in [6.07, 6.45) is 1.38. The lowest BCUT2D eigenvalue weighted by molar-refractivity contribution is 0.0691. The van der Waals surface area contributed by atoms with Gasteiger partial charge in [0.1, 0.15) is 11.2 Å². The summed E-state index contributed by atoms with van der Waals surface area (Å²) in [5.41, 5.74) is 0.790. The number of imidazole rings is 2. The third kappa shape index (κ3) is 1.04. The summed E-state index contributed by atoms with van der Waals surface area (Å²) < 4.78 is 14.9. The summed E-state index contributed by atoms with van der Waals surface area (Å²) in [7, 11) is 0. The SMILES string of the molecule is O=C(O)c1cn2c(nc3c(F)cccc32)[nH]1. The lowest BCUT2D eigenvalue weighted by atomic mass is 10.3. The molecule has 3 rings (SSSR count). The van der Waals surface area contributed by atoms with Crippen molar-refractivity contribution >= 4 is 22.8 Å². The number of H-pyrrole nitrogens is 1. The Morgan fingerprint density at radius 3 is 3.06 bits per heavy atom. The molecule has 0 bridgehead atoms. The van der Waals surface area contributed by atoms with Gasteiger partial charge >= 0.3 is 5.97 Å². The summed E-state index contributed by atoms with van der Waals surface area (Å²) in [6, 6.07) is 4.55. The number of nitrogens with one attached hydrogen (secondary N) is 1. The first kappa shape index (κ1) is 8.90. The van der Waals surface area contributed by atoms with Gasteiger partial charge in [-0.15, -0.1) is 0 Å². The maximum atomic E-state index is 13.4. The standard InChI is InChI=1S/C10H6FN3O2/c11-5-2-1-3-7-8(5)13-10-12-6(9(15)16)4-14(7)10/h1-4H,(H,12,13)(H,15,16). The van der Waals surface area contributed by atoms with Crippen LogP contribution in [-0.4, -0.2) is 25.4 Å². The summed E-state index contributed by atoms with van der Waals surface area (Å²) >= 11 is 0. The minimum absolute atomic E-state index is 0.0219. The maximum absolute atomic E-state index is 13.4. The summed E-state index contributed by atoms with van der Waals surface area (Å²) in [4.78, 5) is 17.3. The van der Waals surface area contributed by atoms with E-state index >= 15 is 0 Å². The van der Waals surface area contributed by atoms with Crippen molar-refractivity contribution in [1.82, 2.24) is 14.4 Å². The Labute approximate surface area is 88.1 Å². The van der Waals surface area contributed by atoms with Crippen LogP contribution in [0.3, 0.4) is 0 Å². The molecule has 0 aliphatic rings. The normalized spacial score (nSPS) is 11.3. The van der Waals surface area contributed by atoms with Gasteiger partial charge < -0.3 is 10.1 Å². The summed E-state index contributed by atoms with van der Waals surface area (Å²) in [5, 5.41) is 8.78. The topological polar surface area (TPSA) is 70.4 Å². The molecule has 2 N–H and O–H groups in total. The Morgan fingerprint density at radius 1 is 1.50 bits per heavy atom. The number of rotatable bonds is 1. The van der Waals surface area contributed by atoms with E-state index in [1.165, 1.54) is 16.7 Å². The van der Waals surface area contributed by atoms with Crippen LogP contribution in [0.4, 0.5) is 4.39 Å². The number of nitrogens with zero attached hydrogens (tertiary/aromatic N) is 2. The zero-order valence-electron chi connectivity index (χ0n) is 7.94. The molecule has 0 radical (unpaired) electrons. The van der Waals surface area contributed by atoms with E-state index in [2.05, 4.69) is 9.97 Å². The number of para-hydroxylation sites is 1. The number of aromatic nitrogens is 3. The first-order valence-electron chi connectivity index (χ1n) is 4.55. The molecule has 0 unspecified atom stereocenters. The Hall–Kier alpha value is -2.37. The van der Waals surface area contributed by atoms with E-state index in [0.717, 1.165) is 0 Å². The first-order chi connectivity index (χ1) is 7.66. The Bertz CT molecular complexity index is 713. The van der Waals surface area contributed by atoms with Crippen LogP contribution in [0, 0.1) is 5.82 Å². The molecule has 80 valence electrons. The lowest BCUT2D eigenvalue weighted by Gasteiger charge is -1.90. The van der Waals surface area contributed by atoms with E-state index in [1.807, 2.05) is 0 Å². The molecular formula is C10H6FN3O2. The minimum Gasteiger partial charge on any atom is -0.477 e. The van der Waals surface area contributed by atoms with Gasteiger partial charge in [-0.25, -0.2) is 14.2 Å². The summed E-state index contributed by atoms with van der Waals surface area (Å²) in [5.74, 6) is -1.18. The van der Waals surface area contributed by atoms with Crippen molar-refractivity contribution in [2.45, 2.75) is 0 Å². The van der Waals surface area contributed by atoms with Crippen LogP contribution < -0.4 is 0 Å². The number of fused-ring (bicyclic) bond motifs is 3. The predicted octanol–water partition coefficient (Wildman–Crippen LogP) is 1.65. The molecule has 2 heterocycles. The predicted molar refractivity (Wildman–Crippen MR) is 54.0 cm³/mol. The smallest absolute Gasteiger partial charge is 0.353 e. The molecule has 6 heteroatoms. The quantitative estimate of drug-likeness (QED) is 0.653. The lowest BCUT2D eigenvalue weighted by Crippen LogP contribution is -1.95. The number of carboxylic acids is 1. The highest BCUT2D eigenvalue weighted by atomic mass is 19.1. The number of hydrogen-bond acceptors (Lipinski definition) is 2. The Morgan fingerprint density at radius 2 is 2.31 bits per heavy atom. The Balaban J connectivity index is 2.43. The van der Waals surface area contributed by atoms with Gasteiger partial charge in [-0.2, -0.15) is 0 Å². The molecule has 0 spiro atoms. The molecule has 0 saturated carbocycles. The van der Waals surface area contributed by atoms with E-state index in [0.29, 0.717) is 11.3 Å². The second kappa shape index (κ2) is 2.82. The van der Waals surface area contributed by atoms with Gasteiger partial charge in [0.05, 0.1) is 5.52 Å². The monoisotopic (exact) mass is 219 g/mol. The molecule has 16 heavy (non-hydrogen) atoms. The Kier molecular flexibility index (Phi) is 1.57. The zero-order chi connectivity index (χ0) is 11.3. The average molecular weight is 219 g/mol. The van der Waals surface area contributed by atoms with Gasteiger partial charge in [-0.1, -0.05) is 6.07 Å². The van der Waals surface area contributed by atoms with Crippen LogP contribution in [0.15, 0.2) is 24.4 Å². The van der Waals surface area contributed by atoms with Gasteiger partial charge in [0, 0.05) is 6.20 Å². The van der Waals surface area contributed by atoms with Crippen LogP contribution in [0.5, 0.6) is 0 Å². The first-order valence-corrected chi connectivity index (χ1v) is 4.55. The fraction of sp³-hybridized carbons (Fsp3) is 0. The largest absolute Gasteiger partial charge is 0.477 e. The van der Waals surface area contributed by atoms with Crippen LogP contribution in [0.25, 0.3) is 16.8 Å². The van der Waals surface area contributed by atoms with E-state index in [1.54, 1.807) is 12.1 Å². The number of aromatic carboxylic acids is 1. The van der Waals surface area contributed by atoms with E-state index in [9.17, 15) is 9.18 Å². The van der Waals surface area contributed by atoms with Crippen molar-refractivity contribution in [1.29, 1.82) is 0 Å². The molecule has 1 aromatic carbocycles. The molecular weight excluding hydrogens is 213 g/mol. The van der Waals surface area contributed by atoms with E-state index in [4.69, 9.17) is 5.11 Å². The van der Waals surface area contributed by atoms with Gasteiger partial charge in [0.25, 0.3) is 0 Å². The highest BCUT2D eigenvalue weighted by Crippen LogP contribution is 2.19. The number of hydrogen-bond donors (Lipinski definition) is 2. The molecule has 0 aliphatic carbocycles. The molecule has 3 aromatic rings. The fourth-order valence-electron chi connectivity index (χ4n) is 1.69. The third-order valence-corrected chi connectivity index (χ3v) is 2.41. The minimum atomic E-state index is -1.07. The maximum Gasteiger partial charge on any atom is 0.353 e. The van der Waals surface area contributed by atoms with Gasteiger partial charge in [0.2, 0.25) is 5.78 Å². The second-order valence-electron chi connectivity index (χ2n) is 3.39. The highest BCUT2D eigenvalue weighted by molar-refractivity contribution is 5.88. The van der Waals surface area contributed by atoms with Crippen LogP contribution in [-0.2, 0) is 0 Å². The molecule has 0 saturated heterocycles. The van der Waals surface area contributed by atoms with Crippen LogP contribution in [0.2, 0.25) is 0 Å². The van der Waals surface area contributed by atoms with Crippen molar-refractivity contribution in [2.75, 3.05) is 0 Å². The van der Waals surface area contributed by atoms with Crippen molar-refractivity contribution in [2.24, 2.45) is 0 Å². The third-order valence-electron chi connectivity index (χ3n) is 2.41. The second-order valence-corrected chi connectivity index (χ2v) is 3.39. The van der Waals surface area contributed by atoms with E-state index < -0.39 is 11.8 Å².